The summed E-state index contributed by atoms with van der Waals surface area (Å²) in [6.07, 6.45) is 6.84. The number of hydrogen-bond donors (Lipinski definition) is 2. The van der Waals surface area contributed by atoms with Crippen molar-refractivity contribution in [1.82, 2.24) is 20.0 Å². The van der Waals surface area contributed by atoms with Crippen LogP contribution in [0.1, 0.15) is 50.0 Å². The highest BCUT2D eigenvalue weighted by molar-refractivity contribution is 6.07. The zero-order chi connectivity index (χ0) is 28.2. The van der Waals surface area contributed by atoms with Crippen LogP contribution in [0.15, 0.2) is 78.2 Å². The van der Waals surface area contributed by atoms with Crippen LogP contribution < -0.4 is 20.9 Å². The molecule has 0 radical (unpaired) electrons. The summed E-state index contributed by atoms with van der Waals surface area (Å²) in [6, 6.07) is 17.1. The predicted molar refractivity (Wildman–Crippen MR) is 153 cm³/mol. The molecule has 0 spiro atoms. The summed E-state index contributed by atoms with van der Waals surface area (Å²) in [4.78, 5) is 26.4. The van der Waals surface area contributed by atoms with Gasteiger partial charge in [-0.2, -0.15) is 10.1 Å². The normalized spacial score (nSPS) is 14.3. The summed E-state index contributed by atoms with van der Waals surface area (Å²) in [5, 5.41) is 6.36. The molecule has 0 saturated carbocycles. The SMILES string of the molecule is COc1cc(Cc2cnc(N)nc2N)cc(C(=O)/C=C/N2N=Cc3ccccc3C2c2cccc(C)n2)c1OC. The Morgan fingerprint density at radius 2 is 1.88 bits per heavy atom. The van der Waals surface area contributed by atoms with Crippen molar-refractivity contribution in [2.75, 3.05) is 25.7 Å². The first-order valence-corrected chi connectivity index (χ1v) is 12.6. The van der Waals surface area contributed by atoms with Crippen molar-refractivity contribution >= 4 is 23.8 Å². The Morgan fingerprint density at radius 1 is 1.05 bits per heavy atom. The minimum absolute atomic E-state index is 0.0942. The van der Waals surface area contributed by atoms with Crippen molar-refractivity contribution in [3.63, 3.8) is 0 Å². The van der Waals surface area contributed by atoms with E-state index in [2.05, 4.69) is 15.1 Å². The molecule has 2 aromatic carbocycles. The molecule has 0 fully saturated rings. The van der Waals surface area contributed by atoms with Crippen LogP contribution in [-0.4, -0.2) is 46.2 Å². The molecule has 0 aliphatic carbocycles. The first kappa shape index (κ1) is 26.4. The standard InChI is InChI=1S/C30H29N7O3/c1-18-7-6-10-24(35-18)27-22-9-5-4-8-20(22)17-34-37(27)12-11-25(38)23-14-19(15-26(39-2)28(23)40-3)13-21-16-33-30(32)36-29(21)31/h4-12,14-17,27H,13H2,1-3H3,(H4,31,32,33,36)/b12-11+. The smallest absolute Gasteiger partial charge is 0.221 e. The molecule has 3 heterocycles. The summed E-state index contributed by atoms with van der Waals surface area (Å²) in [5.41, 5.74) is 17.2. The zero-order valence-electron chi connectivity index (χ0n) is 22.4. The van der Waals surface area contributed by atoms with Crippen molar-refractivity contribution in [1.29, 1.82) is 0 Å². The number of methoxy groups -OCH3 is 2. The van der Waals surface area contributed by atoms with E-state index in [-0.39, 0.29) is 23.6 Å². The first-order valence-electron chi connectivity index (χ1n) is 12.6. The van der Waals surface area contributed by atoms with Crippen LogP contribution in [0.3, 0.4) is 0 Å². The van der Waals surface area contributed by atoms with Crippen LogP contribution in [0.4, 0.5) is 11.8 Å². The Kier molecular flexibility index (Phi) is 7.41. The van der Waals surface area contributed by atoms with Gasteiger partial charge in [0.25, 0.3) is 0 Å². The molecule has 4 aromatic rings. The summed E-state index contributed by atoms with van der Waals surface area (Å²) in [6.45, 7) is 1.95. The molecular weight excluding hydrogens is 506 g/mol. The summed E-state index contributed by atoms with van der Waals surface area (Å²) in [7, 11) is 3.01. The summed E-state index contributed by atoms with van der Waals surface area (Å²) in [5.74, 6) is 0.819. The van der Waals surface area contributed by atoms with Crippen molar-refractivity contribution < 1.29 is 14.3 Å². The summed E-state index contributed by atoms with van der Waals surface area (Å²) >= 11 is 0. The molecule has 40 heavy (non-hydrogen) atoms. The summed E-state index contributed by atoms with van der Waals surface area (Å²) < 4.78 is 11.1. The van der Waals surface area contributed by atoms with Crippen LogP contribution in [0.25, 0.3) is 0 Å². The lowest BCUT2D eigenvalue weighted by molar-refractivity contribution is 0.104. The Balaban J connectivity index is 1.50. The Bertz CT molecular complexity index is 1630. The number of ether oxygens (including phenoxy) is 2. The minimum Gasteiger partial charge on any atom is -0.493 e. The molecule has 2 aromatic heterocycles. The van der Waals surface area contributed by atoms with Crippen molar-refractivity contribution in [3.8, 4) is 11.5 Å². The predicted octanol–water partition coefficient (Wildman–Crippen LogP) is 4.09. The average molecular weight is 536 g/mol. The van der Waals surface area contributed by atoms with Crippen LogP contribution in [0.2, 0.25) is 0 Å². The fourth-order valence-corrected chi connectivity index (χ4v) is 4.68. The monoisotopic (exact) mass is 535 g/mol. The molecule has 1 atom stereocenters. The number of hydrogen-bond acceptors (Lipinski definition) is 10. The molecule has 1 aliphatic heterocycles. The Morgan fingerprint density at radius 3 is 2.62 bits per heavy atom. The number of nitrogens with zero attached hydrogens (tertiary/aromatic N) is 5. The molecule has 5 rings (SSSR count). The van der Waals surface area contributed by atoms with Gasteiger partial charge >= 0.3 is 0 Å². The number of carbonyl (C=O) groups is 1. The molecule has 0 bridgehead atoms. The molecule has 0 saturated heterocycles. The largest absolute Gasteiger partial charge is 0.493 e. The lowest BCUT2D eigenvalue weighted by Gasteiger charge is -2.30. The lowest BCUT2D eigenvalue weighted by Crippen LogP contribution is -2.26. The number of allylic oxidation sites excluding steroid dienone is 1. The molecular formula is C30H29N7O3. The number of fused-ring (bicyclic) bond motifs is 1. The van der Waals surface area contributed by atoms with Crippen molar-refractivity contribution in [3.05, 3.63) is 112 Å². The second-order valence-corrected chi connectivity index (χ2v) is 9.23. The number of nitrogen functional groups attached to an aromatic ring is 2. The number of pyridine rings is 1. The van der Waals surface area contributed by atoms with Gasteiger partial charge < -0.3 is 20.9 Å². The maximum Gasteiger partial charge on any atom is 0.221 e. The Labute approximate surface area is 232 Å². The minimum atomic E-state index is -0.304. The third-order valence-electron chi connectivity index (χ3n) is 6.57. The van der Waals surface area contributed by atoms with Gasteiger partial charge in [0.1, 0.15) is 11.9 Å². The van der Waals surface area contributed by atoms with E-state index in [1.54, 1.807) is 35.8 Å². The van der Waals surface area contributed by atoms with E-state index in [9.17, 15) is 4.79 Å². The average Bonchev–Trinajstić information content (AvgIpc) is 2.96. The molecule has 10 nitrogen and oxygen atoms in total. The third kappa shape index (κ3) is 5.32. The fourth-order valence-electron chi connectivity index (χ4n) is 4.68. The van der Waals surface area contributed by atoms with E-state index in [0.717, 1.165) is 28.1 Å². The van der Waals surface area contributed by atoms with Crippen molar-refractivity contribution in [2.45, 2.75) is 19.4 Å². The van der Waals surface area contributed by atoms with E-state index in [1.807, 2.05) is 49.4 Å². The highest BCUT2D eigenvalue weighted by atomic mass is 16.5. The van der Waals surface area contributed by atoms with Crippen LogP contribution in [0.5, 0.6) is 11.5 Å². The third-order valence-corrected chi connectivity index (χ3v) is 6.57. The zero-order valence-corrected chi connectivity index (χ0v) is 22.4. The van der Waals surface area contributed by atoms with Gasteiger partial charge in [0, 0.05) is 41.7 Å². The maximum atomic E-state index is 13.6. The number of hydrazone groups is 1. The van der Waals surface area contributed by atoms with Gasteiger partial charge in [-0.25, -0.2) is 4.98 Å². The molecule has 0 amide bonds. The number of ketones is 1. The van der Waals surface area contributed by atoms with E-state index in [0.29, 0.717) is 29.0 Å². The topological polar surface area (TPSA) is 142 Å². The van der Waals surface area contributed by atoms with Gasteiger partial charge in [-0.3, -0.25) is 14.8 Å². The van der Waals surface area contributed by atoms with Crippen LogP contribution >= 0.6 is 0 Å². The number of nitrogens with two attached hydrogens (primary N) is 2. The maximum absolute atomic E-state index is 13.6. The lowest BCUT2D eigenvalue weighted by atomic mass is 9.96. The van der Waals surface area contributed by atoms with Gasteiger partial charge in [-0.1, -0.05) is 30.3 Å². The first-order chi connectivity index (χ1) is 19.4. The van der Waals surface area contributed by atoms with E-state index in [1.165, 1.54) is 20.3 Å². The van der Waals surface area contributed by atoms with E-state index in [4.69, 9.17) is 25.9 Å². The highest BCUT2D eigenvalue weighted by Gasteiger charge is 2.27. The molecule has 202 valence electrons. The molecule has 1 aliphatic rings. The Hall–Kier alpha value is -5.25. The second-order valence-electron chi connectivity index (χ2n) is 9.23. The van der Waals surface area contributed by atoms with Gasteiger partial charge in [0.05, 0.1) is 31.7 Å². The highest BCUT2D eigenvalue weighted by Crippen LogP contribution is 2.36. The van der Waals surface area contributed by atoms with Crippen LogP contribution in [-0.2, 0) is 6.42 Å². The number of carbonyl (C=O) groups excluding carboxylic acids is 1. The number of benzene rings is 2. The molecule has 10 heteroatoms. The van der Waals surface area contributed by atoms with Gasteiger partial charge in [-0.05, 0) is 42.3 Å². The van der Waals surface area contributed by atoms with Crippen molar-refractivity contribution in [2.24, 2.45) is 5.10 Å². The number of anilines is 2. The molecule has 4 N–H and O–H groups in total. The second kappa shape index (κ2) is 11.2. The van der Waals surface area contributed by atoms with Crippen LogP contribution in [0, 0.1) is 6.92 Å². The van der Waals surface area contributed by atoms with Gasteiger partial charge in [0.15, 0.2) is 17.3 Å². The number of aryl methyl sites for hydroxylation is 1. The van der Waals surface area contributed by atoms with E-state index < -0.39 is 0 Å². The van der Waals surface area contributed by atoms with Gasteiger partial charge in [0.2, 0.25) is 5.95 Å². The quantitative estimate of drug-likeness (QED) is 0.252. The fraction of sp³-hybridized carbons (Fsp3) is 0.167. The molecule has 1 unspecified atom stereocenters. The van der Waals surface area contributed by atoms with Gasteiger partial charge in [-0.15, -0.1) is 0 Å². The number of aromatic nitrogens is 3. The number of rotatable bonds is 8. The van der Waals surface area contributed by atoms with E-state index >= 15 is 0 Å².